The largest absolute Gasteiger partial charge is 0.494 e. The monoisotopic (exact) mass is 489 g/mol. The Morgan fingerprint density at radius 2 is 1.66 bits per heavy atom. The van der Waals surface area contributed by atoms with Crippen LogP contribution in [0.3, 0.4) is 0 Å². The van der Waals surface area contributed by atoms with Gasteiger partial charge in [0, 0.05) is 24.5 Å². The number of para-hydroxylation sites is 3. The van der Waals surface area contributed by atoms with Crippen molar-refractivity contribution < 1.29 is 9.53 Å². The standard InChI is InChI=1S/C29H32ClN3O2/c30-24-17-15-23(16-18-24)22-29(34)31-19-8-2-5-14-28-32-26-12-6-7-13-27(26)33(28)20-9-21-35-25-10-3-1-4-11-25/h1,3-4,6-7,10-13,15-18H,2,5,8-9,14,19-22H2,(H,31,34). The normalized spacial score (nSPS) is 11.0. The molecule has 3 aromatic carbocycles. The van der Waals surface area contributed by atoms with E-state index in [9.17, 15) is 4.79 Å². The molecule has 4 rings (SSSR count). The van der Waals surface area contributed by atoms with Crippen molar-refractivity contribution in [3.8, 4) is 5.75 Å². The molecule has 1 N–H and O–H groups in total. The van der Waals surface area contributed by atoms with Crippen LogP contribution in [0.4, 0.5) is 0 Å². The fourth-order valence-corrected chi connectivity index (χ4v) is 4.28. The van der Waals surface area contributed by atoms with Crippen LogP contribution in [0.2, 0.25) is 5.02 Å². The number of carbonyl (C=O) groups excluding carboxylic acids is 1. The number of amides is 1. The van der Waals surface area contributed by atoms with E-state index >= 15 is 0 Å². The number of fused-ring (bicyclic) bond motifs is 1. The molecule has 35 heavy (non-hydrogen) atoms. The number of rotatable bonds is 13. The van der Waals surface area contributed by atoms with Crippen LogP contribution in [-0.4, -0.2) is 28.6 Å². The zero-order chi connectivity index (χ0) is 24.3. The summed E-state index contributed by atoms with van der Waals surface area (Å²) in [6.45, 7) is 2.24. The molecule has 0 aliphatic carbocycles. The number of hydrogen-bond acceptors (Lipinski definition) is 3. The molecule has 0 saturated heterocycles. The lowest BCUT2D eigenvalue weighted by Gasteiger charge is -2.11. The van der Waals surface area contributed by atoms with Crippen LogP contribution in [-0.2, 0) is 24.2 Å². The molecule has 0 saturated carbocycles. The first-order valence-electron chi connectivity index (χ1n) is 12.3. The minimum absolute atomic E-state index is 0.0480. The molecule has 4 aromatic rings. The van der Waals surface area contributed by atoms with Crippen LogP contribution >= 0.6 is 11.6 Å². The first-order chi connectivity index (χ1) is 17.2. The Morgan fingerprint density at radius 1 is 0.886 bits per heavy atom. The van der Waals surface area contributed by atoms with Gasteiger partial charge >= 0.3 is 0 Å². The summed E-state index contributed by atoms with van der Waals surface area (Å²) < 4.78 is 8.20. The van der Waals surface area contributed by atoms with E-state index in [1.54, 1.807) is 0 Å². The molecule has 0 fully saturated rings. The van der Waals surface area contributed by atoms with Gasteiger partial charge in [-0.3, -0.25) is 4.79 Å². The molecule has 1 aromatic heterocycles. The fourth-order valence-electron chi connectivity index (χ4n) is 4.16. The predicted octanol–water partition coefficient (Wildman–Crippen LogP) is 6.23. The average molecular weight is 490 g/mol. The van der Waals surface area contributed by atoms with E-state index in [1.165, 1.54) is 5.52 Å². The summed E-state index contributed by atoms with van der Waals surface area (Å²) in [6, 6.07) is 25.7. The second kappa shape index (κ2) is 13.0. The molecule has 0 unspecified atom stereocenters. The van der Waals surface area contributed by atoms with Crippen molar-refractivity contribution in [3.63, 3.8) is 0 Å². The van der Waals surface area contributed by atoms with E-state index in [-0.39, 0.29) is 5.91 Å². The Balaban J connectivity index is 1.20. The Hall–Kier alpha value is -3.31. The van der Waals surface area contributed by atoms with E-state index in [2.05, 4.69) is 28.1 Å². The summed E-state index contributed by atoms with van der Waals surface area (Å²) in [4.78, 5) is 17.0. The summed E-state index contributed by atoms with van der Waals surface area (Å²) in [6.07, 6.45) is 5.26. The van der Waals surface area contributed by atoms with Gasteiger partial charge in [0.1, 0.15) is 11.6 Å². The smallest absolute Gasteiger partial charge is 0.224 e. The SMILES string of the molecule is O=C(Cc1ccc(Cl)cc1)NCCCCCc1nc2ccccc2n1CCCOc1ccccc1. The molecule has 0 atom stereocenters. The Bertz CT molecular complexity index is 1210. The van der Waals surface area contributed by atoms with Gasteiger partial charge in [0.25, 0.3) is 0 Å². The Morgan fingerprint density at radius 3 is 2.49 bits per heavy atom. The summed E-state index contributed by atoms with van der Waals surface area (Å²) in [5.41, 5.74) is 3.19. The van der Waals surface area contributed by atoms with Gasteiger partial charge in [-0.15, -0.1) is 0 Å². The molecule has 6 heteroatoms. The first kappa shape index (κ1) is 24.8. The van der Waals surface area contributed by atoms with E-state index in [0.717, 1.165) is 61.3 Å². The zero-order valence-corrected chi connectivity index (χ0v) is 20.7. The Labute approximate surface area is 212 Å². The lowest BCUT2D eigenvalue weighted by atomic mass is 10.1. The number of halogens is 1. The number of imidazole rings is 1. The first-order valence-corrected chi connectivity index (χ1v) is 12.7. The number of nitrogens with one attached hydrogen (secondary N) is 1. The van der Waals surface area contributed by atoms with E-state index in [4.69, 9.17) is 21.3 Å². The molecular formula is C29H32ClN3O2. The van der Waals surface area contributed by atoms with Crippen LogP contribution in [0.25, 0.3) is 11.0 Å². The van der Waals surface area contributed by atoms with Crippen LogP contribution in [0.15, 0.2) is 78.9 Å². The third-order valence-corrected chi connectivity index (χ3v) is 6.20. The molecule has 1 heterocycles. The van der Waals surface area contributed by atoms with Gasteiger partial charge in [-0.05, 0) is 61.2 Å². The highest BCUT2D eigenvalue weighted by Gasteiger charge is 2.10. The van der Waals surface area contributed by atoms with Crippen LogP contribution in [0, 0.1) is 0 Å². The quantitative estimate of drug-likeness (QED) is 0.226. The molecule has 0 bridgehead atoms. The number of hydrogen-bond donors (Lipinski definition) is 1. The maximum Gasteiger partial charge on any atom is 0.224 e. The topological polar surface area (TPSA) is 56.2 Å². The van der Waals surface area contributed by atoms with Gasteiger partial charge in [0.2, 0.25) is 5.91 Å². The summed E-state index contributed by atoms with van der Waals surface area (Å²) in [5, 5.41) is 3.70. The third kappa shape index (κ3) is 7.59. The summed E-state index contributed by atoms with van der Waals surface area (Å²) in [7, 11) is 0. The van der Waals surface area contributed by atoms with Crippen molar-refractivity contribution in [2.75, 3.05) is 13.2 Å². The van der Waals surface area contributed by atoms with Gasteiger partial charge < -0.3 is 14.6 Å². The zero-order valence-electron chi connectivity index (χ0n) is 20.0. The molecule has 1 amide bonds. The van der Waals surface area contributed by atoms with E-state index in [1.807, 2.05) is 60.7 Å². The fraction of sp³-hybridized carbons (Fsp3) is 0.310. The number of nitrogens with zero attached hydrogens (tertiary/aromatic N) is 2. The van der Waals surface area contributed by atoms with Gasteiger partial charge in [0.05, 0.1) is 24.1 Å². The summed E-state index contributed by atoms with van der Waals surface area (Å²) >= 11 is 5.90. The second-order valence-corrected chi connectivity index (χ2v) is 9.08. The van der Waals surface area contributed by atoms with E-state index in [0.29, 0.717) is 24.6 Å². The predicted molar refractivity (Wildman–Crippen MR) is 142 cm³/mol. The molecule has 182 valence electrons. The summed E-state index contributed by atoms with van der Waals surface area (Å²) in [5.74, 6) is 2.08. The minimum atomic E-state index is 0.0480. The number of ether oxygens (including phenoxy) is 1. The van der Waals surface area contributed by atoms with Crippen molar-refractivity contribution in [1.82, 2.24) is 14.9 Å². The van der Waals surface area contributed by atoms with Crippen LogP contribution in [0.5, 0.6) is 5.75 Å². The van der Waals surface area contributed by atoms with Gasteiger partial charge in [-0.2, -0.15) is 0 Å². The highest BCUT2D eigenvalue weighted by Crippen LogP contribution is 2.19. The minimum Gasteiger partial charge on any atom is -0.494 e. The maximum atomic E-state index is 12.1. The lowest BCUT2D eigenvalue weighted by molar-refractivity contribution is -0.120. The van der Waals surface area contributed by atoms with E-state index < -0.39 is 0 Å². The molecule has 0 aliphatic rings. The van der Waals surface area contributed by atoms with Gasteiger partial charge in [0.15, 0.2) is 0 Å². The average Bonchev–Trinajstić information content (AvgIpc) is 3.23. The van der Waals surface area contributed by atoms with Crippen LogP contribution in [0.1, 0.15) is 37.1 Å². The van der Waals surface area contributed by atoms with Crippen molar-refractivity contribution in [1.29, 1.82) is 0 Å². The maximum absolute atomic E-state index is 12.1. The number of aryl methyl sites for hydroxylation is 2. The number of unbranched alkanes of at least 4 members (excludes halogenated alkanes) is 2. The van der Waals surface area contributed by atoms with Crippen molar-refractivity contribution in [3.05, 3.63) is 95.3 Å². The second-order valence-electron chi connectivity index (χ2n) is 8.65. The molecular weight excluding hydrogens is 458 g/mol. The lowest BCUT2D eigenvalue weighted by Crippen LogP contribution is -2.26. The van der Waals surface area contributed by atoms with Crippen molar-refractivity contribution in [2.45, 2.75) is 45.1 Å². The van der Waals surface area contributed by atoms with Crippen LogP contribution < -0.4 is 10.1 Å². The molecule has 5 nitrogen and oxygen atoms in total. The highest BCUT2D eigenvalue weighted by molar-refractivity contribution is 6.30. The molecule has 0 aliphatic heterocycles. The molecule has 0 radical (unpaired) electrons. The van der Waals surface area contributed by atoms with Gasteiger partial charge in [-0.25, -0.2) is 4.98 Å². The molecule has 0 spiro atoms. The highest BCUT2D eigenvalue weighted by atomic mass is 35.5. The van der Waals surface area contributed by atoms with Crippen molar-refractivity contribution in [2.24, 2.45) is 0 Å². The number of benzene rings is 3. The number of aromatic nitrogens is 2. The Kier molecular flexibility index (Phi) is 9.18. The van der Waals surface area contributed by atoms with Crippen molar-refractivity contribution >= 4 is 28.5 Å². The number of carbonyl (C=O) groups is 1. The van der Waals surface area contributed by atoms with Gasteiger partial charge in [-0.1, -0.05) is 60.5 Å². The third-order valence-electron chi connectivity index (χ3n) is 5.95.